The number of hydrogen-bond acceptors (Lipinski definition) is 4. The molecule has 0 saturated heterocycles. The largest absolute Gasteiger partial charge is 0.494 e. The maximum atomic E-state index is 13.0. The van der Waals surface area contributed by atoms with Crippen LogP contribution < -0.4 is 10.5 Å². The summed E-state index contributed by atoms with van der Waals surface area (Å²) in [6.45, 7) is 0. The predicted molar refractivity (Wildman–Crippen MR) is 75.9 cm³/mol. The molecule has 0 unspecified atom stereocenters. The number of aromatic nitrogens is 2. The van der Waals surface area contributed by atoms with Gasteiger partial charge in [-0.15, -0.1) is 0 Å². The number of ether oxygens (including phenoxy) is 1. The van der Waals surface area contributed by atoms with E-state index in [9.17, 15) is 4.39 Å². The zero-order valence-electron chi connectivity index (χ0n) is 10.8. The van der Waals surface area contributed by atoms with Gasteiger partial charge in [0.2, 0.25) is 0 Å². The van der Waals surface area contributed by atoms with Crippen LogP contribution in [0.1, 0.15) is 0 Å². The smallest absolute Gasteiger partial charge is 0.145 e. The van der Waals surface area contributed by atoms with E-state index in [0.29, 0.717) is 22.5 Å². The van der Waals surface area contributed by atoms with Crippen LogP contribution in [0.2, 0.25) is 0 Å². The average Bonchev–Trinajstić information content (AvgIpc) is 2.47. The van der Waals surface area contributed by atoms with E-state index in [1.165, 1.54) is 18.5 Å². The summed E-state index contributed by atoms with van der Waals surface area (Å²) in [5, 5.41) is 0.714. The molecule has 0 bridgehead atoms. The summed E-state index contributed by atoms with van der Waals surface area (Å²) in [4.78, 5) is 8.17. The molecule has 0 aliphatic rings. The summed E-state index contributed by atoms with van der Waals surface area (Å²) in [7, 11) is 1.57. The van der Waals surface area contributed by atoms with E-state index in [2.05, 4.69) is 9.97 Å². The molecule has 0 fully saturated rings. The highest BCUT2D eigenvalue weighted by molar-refractivity contribution is 5.95. The molecule has 0 amide bonds. The van der Waals surface area contributed by atoms with Crippen molar-refractivity contribution < 1.29 is 9.13 Å². The third-order valence-corrected chi connectivity index (χ3v) is 3.13. The molecule has 0 atom stereocenters. The number of hydrogen-bond donors (Lipinski definition) is 1. The molecule has 0 spiro atoms. The summed E-state index contributed by atoms with van der Waals surface area (Å²) >= 11 is 0. The van der Waals surface area contributed by atoms with Crippen molar-refractivity contribution in [2.24, 2.45) is 0 Å². The molecule has 1 aromatic heterocycles. The van der Waals surface area contributed by atoms with E-state index >= 15 is 0 Å². The van der Waals surface area contributed by atoms with Gasteiger partial charge in [0, 0.05) is 5.39 Å². The first-order valence-electron chi connectivity index (χ1n) is 6.03. The molecule has 5 heteroatoms. The van der Waals surface area contributed by atoms with Crippen molar-refractivity contribution in [1.82, 2.24) is 9.97 Å². The van der Waals surface area contributed by atoms with Crippen molar-refractivity contribution in [3.05, 3.63) is 48.5 Å². The van der Waals surface area contributed by atoms with Gasteiger partial charge in [0.15, 0.2) is 0 Å². The van der Waals surface area contributed by atoms with Crippen molar-refractivity contribution in [2.45, 2.75) is 0 Å². The number of rotatable bonds is 2. The number of fused-ring (bicyclic) bond motifs is 1. The fourth-order valence-corrected chi connectivity index (χ4v) is 2.12. The van der Waals surface area contributed by atoms with Crippen LogP contribution in [-0.2, 0) is 0 Å². The summed E-state index contributed by atoms with van der Waals surface area (Å²) in [6, 6.07) is 9.96. The Kier molecular flexibility index (Phi) is 2.95. The van der Waals surface area contributed by atoms with Gasteiger partial charge in [0.1, 0.15) is 29.2 Å². The van der Waals surface area contributed by atoms with Crippen molar-refractivity contribution in [1.29, 1.82) is 0 Å². The lowest BCUT2D eigenvalue weighted by molar-refractivity contribution is 0.419. The first-order valence-corrected chi connectivity index (χ1v) is 6.03. The molecular weight excluding hydrogens is 257 g/mol. The summed E-state index contributed by atoms with van der Waals surface area (Å²) < 4.78 is 18.3. The van der Waals surface area contributed by atoms with Crippen LogP contribution in [-0.4, -0.2) is 17.1 Å². The summed E-state index contributed by atoms with van der Waals surface area (Å²) in [5.41, 5.74) is 8.28. The van der Waals surface area contributed by atoms with E-state index in [0.717, 1.165) is 11.1 Å². The molecule has 2 N–H and O–H groups in total. The number of nitrogen functional groups attached to an aromatic ring is 1. The van der Waals surface area contributed by atoms with Gasteiger partial charge in [-0.05, 0) is 35.4 Å². The Bertz CT molecular complexity index is 772. The minimum absolute atomic E-state index is 0.274. The topological polar surface area (TPSA) is 61.0 Å². The molecule has 3 rings (SSSR count). The second-order valence-electron chi connectivity index (χ2n) is 4.34. The van der Waals surface area contributed by atoms with Crippen molar-refractivity contribution >= 4 is 16.7 Å². The van der Waals surface area contributed by atoms with Crippen LogP contribution in [0.15, 0.2) is 42.7 Å². The van der Waals surface area contributed by atoms with E-state index in [4.69, 9.17) is 10.5 Å². The minimum Gasteiger partial charge on any atom is -0.494 e. The highest BCUT2D eigenvalue weighted by Crippen LogP contribution is 2.32. The van der Waals surface area contributed by atoms with Crippen molar-refractivity contribution in [2.75, 3.05) is 12.8 Å². The Morgan fingerprint density at radius 2 is 1.80 bits per heavy atom. The second-order valence-corrected chi connectivity index (χ2v) is 4.34. The highest BCUT2D eigenvalue weighted by atomic mass is 19.1. The van der Waals surface area contributed by atoms with Crippen LogP contribution in [0.3, 0.4) is 0 Å². The van der Waals surface area contributed by atoms with E-state index in [1.807, 2.05) is 12.1 Å². The van der Waals surface area contributed by atoms with Crippen LogP contribution in [0, 0.1) is 5.82 Å². The first-order chi connectivity index (χ1) is 9.69. The number of methoxy groups -OCH3 is 1. The number of anilines is 1. The number of benzene rings is 2. The number of nitrogens with two attached hydrogens (primary N) is 1. The van der Waals surface area contributed by atoms with Crippen LogP contribution in [0.5, 0.6) is 5.75 Å². The van der Waals surface area contributed by atoms with Gasteiger partial charge in [-0.3, -0.25) is 0 Å². The standard InChI is InChI=1S/C15H12FN3O/c1-20-13-7-10(9-2-4-11(16)5-3-9)6-12-14(13)18-8-19-15(12)17/h2-8H,1H3,(H2,17,18,19). The molecular formula is C15H12FN3O. The normalized spacial score (nSPS) is 10.7. The Balaban J connectivity index is 2.27. The van der Waals surface area contributed by atoms with Crippen LogP contribution in [0.25, 0.3) is 22.0 Å². The molecule has 20 heavy (non-hydrogen) atoms. The molecule has 0 aliphatic carbocycles. The van der Waals surface area contributed by atoms with Crippen LogP contribution >= 0.6 is 0 Å². The fraction of sp³-hybridized carbons (Fsp3) is 0.0667. The van der Waals surface area contributed by atoms with Gasteiger partial charge >= 0.3 is 0 Å². The molecule has 0 aliphatic heterocycles. The Labute approximate surface area is 115 Å². The van der Waals surface area contributed by atoms with Crippen LogP contribution in [0.4, 0.5) is 10.2 Å². The SMILES string of the molecule is COc1cc(-c2ccc(F)cc2)cc2c(N)ncnc12. The zero-order valence-corrected chi connectivity index (χ0v) is 10.8. The minimum atomic E-state index is -0.274. The first kappa shape index (κ1) is 12.3. The lowest BCUT2D eigenvalue weighted by Gasteiger charge is -2.09. The second kappa shape index (κ2) is 4.77. The van der Waals surface area contributed by atoms with E-state index in [1.54, 1.807) is 19.2 Å². The summed E-state index contributed by atoms with van der Waals surface area (Å²) in [6.07, 6.45) is 1.40. The molecule has 2 aromatic carbocycles. The quantitative estimate of drug-likeness (QED) is 0.776. The number of halogens is 1. The van der Waals surface area contributed by atoms with Crippen molar-refractivity contribution in [3.63, 3.8) is 0 Å². The molecule has 4 nitrogen and oxygen atoms in total. The van der Waals surface area contributed by atoms with Gasteiger partial charge in [-0.1, -0.05) is 12.1 Å². The predicted octanol–water partition coefficient (Wildman–Crippen LogP) is 3.03. The molecule has 0 radical (unpaired) electrons. The van der Waals surface area contributed by atoms with Gasteiger partial charge in [0.05, 0.1) is 7.11 Å². The Morgan fingerprint density at radius 1 is 1.05 bits per heavy atom. The third kappa shape index (κ3) is 2.03. The maximum absolute atomic E-state index is 13.0. The molecule has 100 valence electrons. The average molecular weight is 269 g/mol. The highest BCUT2D eigenvalue weighted by Gasteiger charge is 2.10. The van der Waals surface area contributed by atoms with E-state index < -0.39 is 0 Å². The zero-order chi connectivity index (χ0) is 14.1. The van der Waals surface area contributed by atoms with Gasteiger partial charge < -0.3 is 10.5 Å². The number of nitrogens with zero attached hydrogens (tertiary/aromatic N) is 2. The third-order valence-electron chi connectivity index (χ3n) is 3.13. The van der Waals surface area contributed by atoms with Gasteiger partial charge in [-0.25, -0.2) is 14.4 Å². The molecule has 1 heterocycles. The summed E-state index contributed by atoms with van der Waals surface area (Å²) in [5.74, 6) is 0.720. The molecule has 0 saturated carbocycles. The lowest BCUT2D eigenvalue weighted by atomic mass is 10.0. The van der Waals surface area contributed by atoms with E-state index in [-0.39, 0.29) is 5.82 Å². The Morgan fingerprint density at radius 3 is 2.50 bits per heavy atom. The van der Waals surface area contributed by atoms with Gasteiger partial charge in [0.25, 0.3) is 0 Å². The maximum Gasteiger partial charge on any atom is 0.145 e. The van der Waals surface area contributed by atoms with Gasteiger partial charge in [-0.2, -0.15) is 0 Å². The Hall–Kier alpha value is -2.69. The molecule has 3 aromatic rings. The fourth-order valence-electron chi connectivity index (χ4n) is 2.12. The monoisotopic (exact) mass is 269 g/mol. The lowest BCUT2D eigenvalue weighted by Crippen LogP contribution is -1.96. The van der Waals surface area contributed by atoms with Crippen molar-refractivity contribution in [3.8, 4) is 16.9 Å².